The summed E-state index contributed by atoms with van der Waals surface area (Å²) in [6, 6.07) is 11.9. The first-order valence-corrected chi connectivity index (χ1v) is 4.63. The molecule has 1 rings (SSSR count). The molecule has 2 heteroatoms. The standard InChI is InChI=1S/C12H13NO/c1-12(10-13,8-5-9-14)11-6-3-2-4-7-11/h2-4,6-7,9H,5,8H2,1H3. The Morgan fingerprint density at radius 2 is 2.07 bits per heavy atom. The minimum Gasteiger partial charge on any atom is -0.303 e. The predicted molar refractivity (Wildman–Crippen MR) is 54.7 cm³/mol. The normalized spacial score (nSPS) is 14.0. The number of rotatable bonds is 4. The van der Waals surface area contributed by atoms with Gasteiger partial charge in [0.05, 0.1) is 11.5 Å². The Balaban J connectivity index is 2.91. The van der Waals surface area contributed by atoms with Gasteiger partial charge in [-0.25, -0.2) is 0 Å². The Morgan fingerprint density at radius 1 is 1.43 bits per heavy atom. The minimum atomic E-state index is -0.540. The number of hydrogen-bond donors (Lipinski definition) is 0. The van der Waals surface area contributed by atoms with Crippen LogP contribution in [0.3, 0.4) is 0 Å². The zero-order chi connectivity index (χ0) is 10.4. The van der Waals surface area contributed by atoms with Crippen LogP contribution >= 0.6 is 0 Å². The van der Waals surface area contributed by atoms with Gasteiger partial charge in [-0.05, 0) is 18.9 Å². The first-order valence-electron chi connectivity index (χ1n) is 4.63. The number of nitriles is 1. The SMILES string of the molecule is CC(C#N)(CCC=O)c1ccccc1. The molecule has 0 radical (unpaired) electrons. The van der Waals surface area contributed by atoms with Crippen molar-refractivity contribution in [3.8, 4) is 6.07 Å². The van der Waals surface area contributed by atoms with Crippen molar-refractivity contribution in [3.05, 3.63) is 35.9 Å². The molecule has 0 fully saturated rings. The molecule has 0 amide bonds. The van der Waals surface area contributed by atoms with E-state index in [9.17, 15) is 4.79 Å². The van der Waals surface area contributed by atoms with Crippen LogP contribution in [-0.4, -0.2) is 6.29 Å². The van der Waals surface area contributed by atoms with Gasteiger partial charge in [-0.3, -0.25) is 0 Å². The molecular weight excluding hydrogens is 174 g/mol. The quantitative estimate of drug-likeness (QED) is 0.679. The number of carbonyl (C=O) groups is 1. The van der Waals surface area contributed by atoms with Crippen molar-refractivity contribution in [2.24, 2.45) is 0 Å². The molecule has 0 N–H and O–H groups in total. The van der Waals surface area contributed by atoms with Crippen molar-refractivity contribution in [1.82, 2.24) is 0 Å². The molecule has 1 unspecified atom stereocenters. The third-order valence-corrected chi connectivity index (χ3v) is 2.42. The summed E-state index contributed by atoms with van der Waals surface area (Å²) in [5.74, 6) is 0. The van der Waals surface area contributed by atoms with Crippen LogP contribution in [-0.2, 0) is 10.2 Å². The van der Waals surface area contributed by atoms with E-state index in [0.29, 0.717) is 12.8 Å². The molecule has 14 heavy (non-hydrogen) atoms. The molecule has 1 aromatic rings. The number of hydrogen-bond acceptors (Lipinski definition) is 2. The Labute approximate surface area is 84.2 Å². The van der Waals surface area contributed by atoms with Crippen LogP contribution in [0.15, 0.2) is 30.3 Å². The molecule has 1 aromatic carbocycles. The van der Waals surface area contributed by atoms with Crippen molar-refractivity contribution in [2.75, 3.05) is 0 Å². The van der Waals surface area contributed by atoms with Crippen molar-refractivity contribution < 1.29 is 4.79 Å². The van der Waals surface area contributed by atoms with Crippen LogP contribution in [0.4, 0.5) is 0 Å². The lowest BCUT2D eigenvalue weighted by Crippen LogP contribution is -2.19. The molecule has 0 aromatic heterocycles. The zero-order valence-corrected chi connectivity index (χ0v) is 8.23. The number of benzene rings is 1. The predicted octanol–water partition coefficient (Wildman–Crippen LogP) is 2.45. The molecule has 0 aliphatic heterocycles. The Bertz CT molecular complexity index is 339. The van der Waals surface area contributed by atoms with E-state index in [2.05, 4.69) is 6.07 Å². The second-order valence-electron chi connectivity index (χ2n) is 3.52. The van der Waals surface area contributed by atoms with E-state index in [-0.39, 0.29) is 0 Å². The fourth-order valence-electron chi connectivity index (χ4n) is 1.42. The van der Waals surface area contributed by atoms with Crippen LogP contribution in [0.1, 0.15) is 25.3 Å². The van der Waals surface area contributed by atoms with Crippen LogP contribution in [0.25, 0.3) is 0 Å². The molecule has 1 atom stereocenters. The lowest BCUT2D eigenvalue weighted by molar-refractivity contribution is -0.108. The van der Waals surface area contributed by atoms with Crippen LogP contribution in [0.2, 0.25) is 0 Å². The first kappa shape index (κ1) is 10.5. The lowest BCUT2D eigenvalue weighted by atomic mass is 9.80. The molecule has 72 valence electrons. The average molecular weight is 187 g/mol. The average Bonchev–Trinajstić information content (AvgIpc) is 2.27. The molecule has 2 nitrogen and oxygen atoms in total. The Kier molecular flexibility index (Phi) is 3.41. The molecule has 0 saturated carbocycles. The number of nitrogens with zero attached hydrogens (tertiary/aromatic N) is 1. The van der Waals surface area contributed by atoms with Crippen molar-refractivity contribution in [2.45, 2.75) is 25.2 Å². The maximum absolute atomic E-state index is 10.3. The van der Waals surface area contributed by atoms with Crippen molar-refractivity contribution >= 4 is 6.29 Å². The van der Waals surface area contributed by atoms with Crippen molar-refractivity contribution in [1.29, 1.82) is 5.26 Å². The van der Waals surface area contributed by atoms with Gasteiger partial charge in [0.1, 0.15) is 6.29 Å². The summed E-state index contributed by atoms with van der Waals surface area (Å²) in [6.07, 6.45) is 1.87. The van der Waals surface area contributed by atoms with Gasteiger partial charge in [0.15, 0.2) is 0 Å². The van der Waals surface area contributed by atoms with Crippen molar-refractivity contribution in [3.63, 3.8) is 0 Å². The molecule has 0 saturated heterocycles. The van der Waals surface area contributed by atoms with E-state index in [1.807, 2.05) is 37.3 Å². The lowest BCUT2D eigenvalue weighted by Gasteiger charge is -2.20. The molecule has 0 spiro atoms. The summed E-state index contributed by atoms with van der Waals surface area (Å²) in [5.41, 5.74) is 0.437. The summed E-state index contributed by atoms with van der Waals surface area (Å²) >= 11 is 0. The van der Waals surface area contributed by atoms with Gasteiger partial charge in [0.25, 0.3) is 0 Å². The minimum absolute atomic E-state index is 0.430. The second kappa shape index (κ2) is 4.57. The number of aldehydes is 1. The molecular formula is C12H13NO. The second-order valence-corrected chi connectivity index (χ2v) is 3.52. The Morgan fingerprint density at radius 3 is 2.57 bits per heavy atom. The Hall–Kier alpha value is -1.62. The van der Waals surface area contributed by atoms with Crippen LogP contribution in [0.5, 0.6) is 0 Å². The van der Waals surface area contributed by atoms with E-state index in [1.165, 1.54) is 0 Å². The van der Waals surface area contributed by atoms with E-state index >= 15 is 0 Å². The monoisotopic (exact) mass is 187 g/mol. The highest BCUT2D eigenvalue weighted by molar-refractivity contribution is 5.50. The van der Waals surface area contributed by atoms with Crippen LogP contribution in [0, 0.1) is 11.3 Å². The van der Waals surface area contributed by atoms with Crippen LogP contribution < -0.4 is 0 Å². The fourth-order valence-corrected chi connectivity index (χ4v) is 1.42. The molecule has 0 aliphatic carbocycles. The summed E-state index contributed by atoms with van der Waals surface area (Å²) in [7, 11) is 0. The summed E-state index contributed by atoms with van der Waals surface area (Å²) in [4.78, 5) is 10.3. The van der Waals surface area contributed by atoms with E-state index in [4.69, 9.17) is 5.26 Å². The van der Waals surface area contributed by atoms with E-state index < -0.39 is 5.41 Å². The third-order valence-electron chi connectivity index (χ3n) is 2.42. The molecule has 0 heterocycles. The molecule has 0 aliphatic rings. The maximum Gasteiger partial charge on any atom is 0.120 e. The first-order chi connectivity index (χ1) is 6.73. The summed E-state index contributed by atoms with van der Waals surface area (Å²) in [5, 5.41) is 9.10. The summed E-state index contributed by atoms with van der Waals surface area (Å²) < 4.78 is 0. The largest absolute Gasteiger partial charge is 0.303 e. The van der Waals surface area contributed by atoms with E-state index in [0.717, 1.165) is 11.8 Å². The highest BCUT2D eigenvalue weighted by atomic mass is 16.1. The number of carbonyl (C=O) groups excluding carboxylic acids is 1. The summed E-state index contributed by atoms with van der Waals surface area (Å²) in [6.45, 7) is 1.87. The highest BCUT2D eigenvalue weighted by Crippen LogP contribution is 2.27. The van der Waals surface area contributed by atoms with E-state index in [1.54, 1.807) is 0 Å². The zero-order valence-electron chi connectivity index (χ0n) is 8.23. The highest BCUT2D eigenvalue weighted by Gasteiger charge is 2.25. The van der Waals surface area contributed by atoms with Gasteiger partial charge >= 0.3 is 0 Å². The third kappa shape index (κ3) is 2.20. The fraction of sp³-hybridized carbons (Fsp3) is 0.333. The van der Waals surface area contributed by atoms with Gasteiger partial charge in [-0.15, -0.1) is 0 Å². The topological polar surface area (TPSA) is 40.9 Å². The molecule has 0 bridgehead atoms. The van der Waals surface area contributed by atoms with Gasteiger partial charge in [0.2, 0.25) is 0 Å². The van der Waals surface area contributed by atoms with Gasteiger partial charge in [-0.1, -0.05) is 30.3 Å². The van der Waals surface area contributed by atoms with Gasteiger partial charge in [-0.2, -0.15) is 5.26 Å². The van der Waals surface area contributed by atoms with Gasteiger partial charge in [0, 0.05) is 6.42 Å². The smallest absolute Gasteiger partial charge is 0.120 e. The van der Waals surface area contributed by atoms with Gasteiger partial charge < -0.3 is 4.79 Å². The maximum atomic E-state index is 10.3.